The van der Waals surface area contributed by atoms with Gasteiger partial charge in [-0.15, -0.1) is 11.8 Å². The molecule has 0 saturated carbocycles. The normalized spacial score (nSPS) is 11.3. The molecule has 0 fully saturated rings. The second-order valence-electron chi connectivity index (χ2n) is 4.83. The summed E-state index contributed by atoms with van der Waals surface area (Å²) < 4.78 is 0. The van der Waals surface area contributed by atoms with Gasteiger partial charge in [0.2, 0.25) is 0 Å². The molecule has 0 radical (unpaired) electrons. The molecule has 2 aromatic rings. The van der Waals surface area contributed by atoms with Crippen molar-refractivity contribution in [1.29, 1.82) is 0 Å². The van der Waals surface area contributed by atoms with Crippen molar-refractivity contribution >= 4 is 40.7 Å². The zero-order valence-corrected chi connectivity index (χ0v) is 14.5. The third-order valence-electron chi connectivity index (χ3n) is 3.06. The summed E-state index contributed by atoms with van der Waals surface area (Å²) in [6.07, 6.45) is 3.50. The van der Waals surface area contributed by atoms with Crippen LogP contribution in [0.2, 0.25) is 10.0 Å². The molecule has 1 nitrogen and oxygen atoms in total. The average Bonchev–Trinajstić information content (AvgIpc) is 2.50. The maximum Gasteiger partial charge on any atom is 0.152 e. The molecule has 0 heterocycles. The number of thioether (sulfide) groups is 1. The molecule has 0 saturated heterocycles. The number of ketones is 1. The van der Waals surface area contributed by atoms with Crippen LogP contribution in [0.1, 0.15) is 23.3 Å². The van der Waals surface area contributed by atoms with Gasteiger partial charge in [0, 0.05) is 15.8 Å². The predicted octanol–water partition coefficient (Wildman–Crippen LogP) is 5.96. The van der Waals surface area contributed by atoms with Gasteiger partial charge >= 0.3 is 0 Å². The molecule has 0 spiro atoms. The summed E-state index contributed by atoms with van der Waals surface area (Å²) in [5.74, 6) is 0.824. The largest absolute Gasteiger partial charge is 0.295 e. The fourth-order valence-corrected chi connectivity index (χ4v) is 3.38. The highest BCUT2D eigenvalue weighted by atomic mass is 35.5. The molecule has 2 aromatic carbocycles. The van der Waals surface area contributed by atoms with Crippen molar-refractivity contribution in [2.45, 2.75) is 12.2 Å². The number of allylic oxidation sites excluding steroid dienone is 1. The molecule has 0 bridgehead atoms. The molecular weight excluding hydrogens is 335 g/mol. The number of hydrogen-bond acceptors (Lipinski definition) is 2. The third kappa shape index (κ3) is 5.20. The number of halogens is 2. The molecule has 0 aliphatic heterocycles. The predicted molar refractivity (Wildman–Crippen MR) is 97.0 cm³/mol. The first-order valence-electron chi connectivity index (χ1n) is 6.86. The van der Waals surface area contributed by atoms with E-state index >= 15 is 0 Å². The van der Waals surface area contributed by atoms with Gasteiger partial charge in [-0.1, -0.05) is 53.5 Å². The number of benzene rings is 2. The van der Waals surface area contributed by atoms with Gasteiger partial charge < -0.3 is 0 Å². The maximum absolute atomic E-state index is 11.0. The minimum Gasteiger partial charge on any atom is -0.295 e. The summed E-state index contributed by atoms with van der Waals surface area (Å²) in [7, 11) is 0. The lowest BCUT2D eigenvalue weighted by Crippen LogP contribution is -1.97. The molecule has 0 aliphatic rings. The summed E-state index contributed by atoms with van der Waals surface area (Å²) in [6, 6.07) is 15.7. The number of hydrogen-bond donors (Lipinski definition) is 0. The van der Waals surface area contributed by atoms with Crippen molar-refractivity contribution in [2.24, 2.45) is 0 Å². The van der Waals surface area contributed by atoms with E-state index in [1.54, 1.807) is 24.8 Å². The van der Waals surface area contributed by atoms with Crippen LogP contribution in [0, 0.1) is 0 Å². The summed E-state index contributed by atoms with van der Waals surface area (Å²) in [5.41, 5.74) is 2.35. The van der Waals surface area contributed by atoms with Crippen molar-refractivity contribution in [3.63, 3.8) is 0 Å². The third-order valence-corrected chi connectivity index (χ3v) is 4.82. The zero-order chi connectivity index (χ0) is 15.9. The standard InChI is InChI=1S/C18H16Cl2OS/c1-13(21)3-2-12-22-18(14-4-8-16(19)9-5-14)15-6-10-17(20)11-7-15/h2-11,18H,12H2,1H3. The molecule has 0 amide bonds. The molecule has 0 N–H and O–H groups in total. The molecule has 2 rings (SSSR count). The number of rotatable bonds is 6. The first kappa shape index (κ1) is 17.1. The van der Waals surface area contributed by atoms with Gasteiger partial charge in [-0.2, -0.15) is 0 Å². The first-order valence-corrected chi connectivity index (χ1v) is 8.66. The molecule has 114 valence electrons. The van der Waals surface area contributed by atoms with Gasteiger partial charge in [-0.3, -0.25) is 4.79 Å². The smallest absolute Gasteiger partial charge is 0.152 e. The second-order valence-corrected chi connectivity index (χ2v) is 6.84. The fourth-order valence-electron chi connectivity index (χ4n) is 2.03. The SMILES string of the molecule is CC(=O)C=CCSC(c1ccc(Cl)cc1)c1ccc(Cl)cc1. The second kappa shape index (κ2) is 8.42. The van der Waals surface area contributed by atoms with Crippen molar-refractivity contribution in [1.82, 2.24) is 0 Å². The van der Waals surface area contributed by atoms with E-state index in [2.05, 4.69) is 0 Å². The Morgan fingerprint density at radius 1 is 1.00 bits per heavy atom. The molecule has 0 atom stereocenters. The fraction of sp³-hybridized carbons (Fsp3) is 0.167. The topological polar surface area (TPSA) is 17.1 Å². The minimum absolute atomic E-state index is 0.0649. The number of carbonyl (C=O) groups is 1. The van der Waals surface area contributed by atoms with Gasteiger partial charge in [-0.25, -0.2) is 0 Å². The van der Waals surface area contributed by atoms with Crippen LogP contribution in [0.15, 0.2) is 60.7 Å². The van der Waals surface area contributed by atoms with E-state index in [1.165, 1.54) is 11.1 Å². The van der Waals surface area contributed by atoms with Crippen LogP contribution >= 0.6 is 35.0 Å². The van der Waals surface area contributed by atoms with E-state index in [0.29, 0.717) is 0 Å². The number of carbonyl (C=O) groups excluding carboxylic acids is 1. The van der Waals surface area contributed by atoms with Gasteiger partial charge in [0.1, 0.15) is 0 Å². The van der Waals surface area contributed by atoms with E-state index in [0.717, 1.165) is 15.8 Å². The van der Waals surface area contributed by atoms with Crippen molar-refractivity contribution in [2.75, 3.05) is 5.75 Å². The monoisotopic (exact) mass is 350 g/mol. The van der Waals surface area contributed by atoms with E-state index in [1.807, 2.05) is 54.6 Å². The van der Waals surface area contributed by atoms with Crippen LogP contribution in [-0.2, 0) is 4.79 Å². The molecular formula is C18H16Cl2OS. The highest BCUT2D eigenvalue weighted by Crippen LogP contribution is 2.36. The maximum atomic E-state index is 11.0. The molecule has 0 aromatic heterocycles. The van der Waals surface area contributed by atoms with Gasteiger partial charge in [0.05, 0.1) is 5.25 Å². The van der Waals surface area contributed by atoms with Gasteiger partial charge in [0.15, 0.2) is 5.78 Å². The van der Waals surface area contributed by atoms with Gasteiger partial charge in [0.25, 0.3) is 0 Å². The summed E-state index contributed by atoms with van der Waals surface area (Å²) >= 11 is 13.7. The lowest BCUT2D eigenvalue weighted by atomic mass is 10.0. The molecule has 0 unspecified atom stereocenters. The van der Waals surface area contributed by atoms with Crippen molar-refractivity contribution < 1.29 is 4.79 Å². The van der Waals surface area contributed by atoms with E-state index < -0.39 is 0 Å². The Labute approximate surface area is 145 Å². The Bertz CT molecular complexity index is 602. The summed E-state index contributed by atoms with van der Waals surface area (Å²) in [4.78, 5) is 11.0. The lowest BCUT2D eigenvalue weighted by Gasteiger charge is -2.17. The molecule has 4 heteroatoms. The Morgan fingerprint density at radius 2 is 1.45 bits per heavy atom. The quantitative estimate of drug-likeness (QED) is 0.597. The average molecular weight is 351 g/mol. The van der Waals surface area contributed by atoms with Crippen molar-refractivity contribution in [3.8, 4) is 0 Å². The summed E-state index contributed by atoms with van der Waals surface area (Å²) in [5, 5.41) is 1.62. The zero-order valence-electron chi connectivity index (χ0n) is 12.1. The first-order chi connectivity index (χ1) is 10.6. The van der Waals surface area contributed by atoms with Crippen LogP contribution in [0.5, 0.6) is 0 Å². The lowest BCUT2D eigenvalue weighted by molar-refractivity contribution is -0.112. The highest BCUT2D eigenvalue weighted by Gasteiger charge is 2.14. The van der Waals surface area contributed by atoms with Crippen LogP contribution < -0.4 is 0 Å². The van der Waals surface area contributed by atoms with Crippen molar-refractivity contribution in [3.05, 3.63) is 81.9 Å². The van der Waals surface area contributed by atoms with E-state index in [-0.39, 0.29) is 11.0 Å². The Kier molecular flexibility index (Phi) is 6.56. The molecule has 22 heavy (non-hydrogen) atoms. The highest BCUT2D eigenvalue weighted by molar-refractivity contribution is 7.99. The van der Waals surface area contributed by atoms with E-state index in [4.69, 9.17) is 23.2 Å². The Balaban J connectivity index is 2.22. The Hall–Kier alpha value is -1.22. The van der Waals surface area contributed by atoms with Crippen LogP contribution in [0.3, 0.4) is 0 Å². The minimum atomic E-state index is 0.0649. The summed E-state index contributed by atoms with van der Waals surface area (Å²) in [6.45, 7) is 1.55. The van der Waals surface area contributed by atoms with Crippen LogP contribution in [-0.4, -0.2) is 11.5 Å². The van der Waals surface area contributed by atoms with Crippen LogP contribution in [0.4, 0.5) is 0 Å². The van der Waals surface area contributed by atoms with Gasteiger partial charge in [-0.05, 0) is 48.4 Å². The van der Waals surface area contributed by atoms with Crippen LogP contribution in [0.25, 0.3) is 0 Å². The molecule has 0 aliphatic carbocycles. The van der Waals surface area contributed by atoms with E-state index in [9.17, 15) is 4.79 Å². The Morgan fingerprint density at radius 3 is 1.86 bits per heavy atom.